The number of hydrogen-bond acceptors (Lipinski definition) is 5. The Balaban J connectivity index is 1.73. The number of carbonyl (C=O) groups is 1. The minimum absolute atomic E-state index is 0.0377. The smallest absolute Gasteiger partial charge is 0.335 e. The van der Waals surface area contributed by atoms with Gasteiger partial charge in [0.25, 0.3) is 5.69 Å². The highest BCUT2D eigenvalue weighted by Crippen LogP contribution is 2.49. The van der Waals surface area contributed by atoms with Crippen LogP contribution in [0.25, 0.3) is 0 Å². The Labute approximate surface area is 149 Å². The van der Waals surface area contributed by atoms with Crippen LogP contribution >= 0.6 is 0 Å². The van der Waals surface area contributed by atoms with E-state index in [1.54, 1.807) is 30.3 Å². The summed E-state index contributed by atoms with van der Waals surface area (Å²) >= 11 is 0. The molecule has 0 radical (unpaired) electrons. The molecule has 2 aromatic carbocycles. The Hall–Kier alpha value is -2.93. The standard InChI is InChI=1S/C19H18N2O5/c22-19(23)12-5-8-16-15(10-12)18-14(2-1-9-26-18)17(20-16)11-3-6-13(7-4-11)21(24)25/h3-8,10,14,17-18,20H,1-2,9H2,(H,22,23). The lowest BCUT2D eigenvalue weighted by molar-refractivity contribution is -0.384. The fraction of sp³-hybridized carbons (Fsp3) is 0.316. The van der Waals surface area contributed by atoms with E-state index in [0.717, 1.165) is 29.7 Å². The van der Waals surface area contributed by atoms with E-state index < -0.39 is 10.9 Å². The average Bonchev–Trinajstić information content (AvgIpc) is 2.67. The van der Waals surface area contributed by atoms with Crippen molar-refractivity contribution in [2.75, 3.05) is 11.9 Å². The number of hydrogen-bond donors (Lipinski definition) is 2. The predicted molar refractivity (Wildman–Crippen MR) is 94.3 cm³/mol. The van der Waals surface area contributed by atoms with E-state index in [1.165, 1.54) is 12.1 Å². The molecule has 2 aliphatic rings. The number of rotatable bonds is 3. The van der Waals surface area contributed by atoms with Crippen LogP contribution in [0.5, 0.6) is 0 Å². The van der Waals surface area contributed by atoms with Crippen molar-refractivity contribution in [2.24, 2.45) is 5.92 Å². The summed E-state index contributed by atoms with van der Waals surface area (Å²) < 4.78 is 6.02. The van der Waals surface area contributed by atoms with Crippen LogP contribution in [0.4, 0.5) is 11.4 Å². The number of benzene rings is 2. The van der Waals surface area contributed by atoms with E-state index >= 15 is 0 Å². The van der Waals surface area contributed by atoms with E-state index in [-0.39, 0.29) is 29.3 Å². The first-order valence-corrected chi connectivity index (χ1v) is 8.54. The van der Waals surface area contributed by atoms with Gasteiger partial charge in [-0.2, -0.15) is 0 Å². The van der Waals surface area contributed by atoms with Gasteiger partial charge in [0.2, 0.25) is 0 Å². The van der Waals surface area contributed by atoms with Crippen LogP contribution in [0.3, 0.4) is 0 Å². The second-order valence-corrected chi connectivity index (χ2v) is 6.68. The fourth-order valence-corrected chi connectivity index (χ4v) is 3.94. The predicted octanol–water partition coefficient (Wildman–Crippen LogP) is 3.93. The summed E-state index contributed by atoms with van der Waals surface area (Å²) in [7, 11) is 0. The Morgan fingerprint density at radius 2 is 2.00 bits per heavy atom. The van der Waals surface area contributed by atoms with Crippen LogP contribution in [0.1, 0.15) is 46.5 Å². The topological polar surface area (TPSA) is 102 Å². The maximum absolute atomic E-state index is 11.3. The molecule has 2 heterocycles. The molecule has 3 unspecified atom stereocenters. The molecule has 0 amide bonds. The van der Waals surface area contributed by atoms with Crippen LogP contribution < -0.4 is 5.32 Å². The number of aromatic carboxylic acids is 1. The normalized spacial score (nSPS) is 24.1. The number of ether oxygens (including phenoxy) is 1. The first-order valence-electron chi connectivity index (χ1n) is 8.54. The van der Waals surface area contributed by atoms with E-state index in [2.05, 4.69) is 5.32 Å². The monoisotopic (exact) mass is 354 g/mol. The number of non-ortho nitro benzene ring substituents is 1. The molecule has 1 saturated heterocycles. The molecule has 7 heteroatoms. The minimum atomic E-state index is -0.961. The fourth-order valence-electron chi connectivity index (χ4n) is 3.94. The Morgan fingerprint density at radius 1 is 1.23 bits per heavy atom. The van der Waals surface area contributed by atoms with Crippen LogP contribution in [-0.2, 0) is 4.74 Å². The highest BCUT2D eigenvalue weighted by Gasteiger charge is 2.40. The molecule has 7 nitrogen and oxygen atoms in total. The van der Waals surface area contributed by atoms with Crippen molar-refractivity contribution in [3.8, 4) is 0 Å². The number of nitro groups is 1. The molecule has 0 aromatic heterocycles. The van der Waals surface area contributed by atoms with Gasteiger partial charge in [-0.15, -0.1) is 0 Å². The van der Waals surface area contributed by atoms with Crippen molar-refractivity contribution in [1.82, 2.24) is 0 Å². The quantitative estimate of drug-likeness (QED) is 0.640. The summed E-state index contributed by atoms with van der Waals surface area (Å²) in [5.74, 6) is -0.820. The number of carboxylic acids is 1. The van der Waals surface area contributed by atoms with Crippen molar-refractivity contribution >= 4 is 17.3 Å². The molecule has 0 bridgehead atoms. The van der Waals surface area contributed by atoms with E-state index in [4.69, 9.17) is 4.74 Å². The number of nitro benzene ring substituents is 1. The molecule has 3 atom stereocenters. The van der Waals surface area contributed by atoms with Gasteiger partial charge in [0.15, 0.2) is 0 Å². The third-order valence-electron chi connectivity index (χ3n) is 5.18. The SMILES string of the molecule is O=C(O)c1ccc2c(c1)C1OCCCC1C(c1ccc([N+](=O)[O-])cc1)N2. The summed E-state index contributed by atoms with van der Waals surface area (Å²) in [6.45, 7) is 0.644. The maximum atomic E-state index is 11.3. The third-order valence-corrected chi connectivity index (χ3v) is 5.18. The van der Waals surface area contributed by atoms with Crippen molar-refractivity contribution in [2.45, 2.75) is 25.0 Å². The first kappa shape index (κ1) is 16.5. The highest BCUT2D eigenvalue weighted by molar-refractivity contribution is 5.88. The lowest BCUT2D eigenvalue weighted by Crippen LogP contribution is -2.36. The van der Waals surface area contributed by atoms with E-state index in [1.807, 2.05) is 0 Å². The summed E-state index contributed by atoms with van der Waals surface area (Å²) in [6, 6.07) is 11.6. The molecule has 0 saturated carbocycles. The number of carboxylic acid groups (broad SMARTS) is 1. The van der Waals surface area contributed by atoms with Gasteiger partial charge in [-0.25, -0.2) is 4.79 Å². The molecular weight excluding hydrogens is 336 g/mol. The molecule has 134 valence electrons. The first-order chi connectivity index (χ1) is 12.5. The minimum Gasteiger partial charge on any atom is -0.478 e. The second-order valence-electron chi connectivity index (χ2n) is 6.68. The van der Waals surface area contributed by atoms with Crippen LogP contribution in [-0.4, -0.2) is 22.6 Å². The van der Waals surface area contributed by atoms with Crippen LogP contribution in [0.2, 0.25) is 0 Å². The molecule has 2 N–H and O–H groups in total. The lowest BCUT2D eigenvalue weighted by atomic mass is 9.77. The van der Waals surface area contributed by atoms with Gasteiger partial charge >= 0.3 is 5.97 Å². The number of fused-ring (bicyclic) bond motifs is 3. The molecule has 0 aliphatic carbocycles. The van der Waals surface area contributed by atoms with Crippen molar-refractivity contribution < 1.29 is 19.6 Å². The van der Waals surface area contributed by atoms with Crippen molar-refractivity contribution in [3.05, 3.63) is 69.3 Å². The summed E-state index contributed by atoms with van der Waals surface area (Å²) in [6.07, 6.45) is 1.69. The zero-order valence-electron chi connectivity index (χ0n) is 13.9. The summed E-state index contributed by atoms with van der Waals surface area (Å²) in [5.41, 5.74) is 2.98. The summed E-state index contributed by atoms with van der Waals surface area (Å²) in [5, 5.41) is 23.6. The Kier molecular flexibility index (Phi) is 4.08. The van der Waals surface area contributed by atoms with Crippen molar-refractivity contribution in [3.63, 3.8) is 0 Å². The maximum Gasteiger partial charge on any atom is 0.335 e. The van der Waals surface area contributed by atoms with Gasteiger partial charge in [0.1, 0.15) is 0 Å². The van der Waals surface area contributed by atoms with Gasteiger partial charge in [0.05, 0.1) is 22.6 Å². The molecule has 2 aromatic rings. The van der Waals surface area contributed by atoms with Crippen molar-refractivity contribution in [1.29, 1.82) is 0 Å². The number of nitrogens with one attached hydrogen (secondary N) is 1. The Bertz CT molecular complexity index is 865. The van der Waals surface area contributed by atoms with Crippen LogP contribution in [0, 0.1) is 16.0 Å². The van der Waals surface area contributed by atoms with Gasteiger partial charge < -0.3 is 15.2 Å². The molecular formula is C19H18N2O5. The van der Waals surface area contributed by atoms with Gasteiger partial charge in [0, 0.05) is 35.9 Å². The molecule has 26 heavy (non-hydrogen) atoms. The lowest BCUT2D eigenvalue weighted by Gasteiger charge is -2.43. The third kappa shape index (κ3) is 2.80. The molecule has 2 aliphatic heterocycles. The molecule has 0 spiro atoms. The van der Waals surface area contributed by atoms with Gasteiger partial charge in [-0.3, -0.25) is 10.1 Å². The van der Waals surface area contributed by atoms with Crippen LogP contribution in [0.15, 0.2) is 42.5 Å². The molecule has 4 rings (SSSR count). The van der Waals surface area contributed by atoms with Gasteiger partial charge in [-0.1, -0.05) is 12.1 Å². The number of anilines is 1. The second kappa shape index (κ2) is 6.42. The van der Waals surface area contributed by atoms with Gasteiger partial charge in [-0.05, 0) is 36.6 Å². The van der Waals surface area contributed by atoms with E-state index in [0.29, 0.717) is 6.61 Å². The zero-order chi connectivity index (χ0) is 18.3. The summed E-state index contributed by atoms with van der Waals surface area (Å²) in [4.78, 5) is 21.8. The number of nitrogens with zero attached hydrogens (tertiary/aromatic N) is 1. The highest BCUT2D eigenvalue weighted by atomic mass is 16.6. The average molecular weight is 354 g/mol. The van der Waals surface area contributed by atoms with E-state index in [9.17, 15) is 20.0 Å². The Morgan fingerprint density at radius 3 is 2.69 bits per heavy atom. The zero-order valence-corrected chi connectivity index (χ0v) is 13.9. The molecule has 1 fully saturated rings. The largest absolute Gasteiger partial charge is 0.478 e.